The van der Waals surface area contributed by atoms with Gasteiger partial charge < -0.3 is 43.4 Å². The summed E-state index contributed by atoms with van der Waals surface area (Å²) in [6, 6.07) is -6.01. The van der Waals surface area contributed by atoms with E-state index in [4.69, 9.17) is 27.4 Å². The van der Waals surface area contributed by atoms with Crippen molar-refractivity contribution in [2.45, 2.75) is 49.9 Å². The molecule has 15 nitrogen and oxygen atoms in total. The van der Waals surface area contributed by atoms with Gasteiger partial charge in [0, 0.05) is 12.2 Å². The number of hydrogen-bond acceptors (Lipinski definition) is 9. The third kappa shape index (κ3) is 11.1. The van der Waals surface area contributed by atoms with Gasteiger partial charge in [-0.2, -0.15) is 12.6 Å². The van der Waals surface area contributed by atoms with Gasteiger partial charge in [0.25, 0.3) is 0 Å². The van der Waals surface area contributed by atoms with Crippen molar-refractivity contribution in [3.8, 4) is 0 Å². The van der Waals surface area contributed by atoms with Crippen molar-refractivity contribution >= 4 is 54.1 Å². The Kier molecular flexibility index (Phi) is 12.3. The maximum atomic E-state index is 12.5. The van der Waals surface area contributed by atoms with Crippen LogP contribution >= 0.6 is 12.6 Å². The minimum atomic E-state index is -1.77. The number of nitrogens with two attached hydrogens (primary N) is 3. The Labute approximate surface area is 187 Å². The number of carboxylic acids is 2. The van der Waals surface area contributed by atoms with E-state index in [1.165, 1.54) is 0 Å². The van der Waals surface area contributed by atoms with Gasteiger partial charge in [0.15, 0.2) is 0 Å². The Morgan fingerprint density at radius 3 is 1.69 bits per heavy atom. The molecular formula is C16H26N6O9S. The molecule has 32 heavy (non-hydrogen) atoms. The van der Waals surface area contributed by atoms with Crippen molar-refractivity contribution < 1.29 is 43.8 Å². The molecule has 0 aromatic carbocycles. The summed E-state index contributed by atoms with van der Waals surface area (Å²) < 4.78 is 0. The molecule has 0 rings (SSSR count). The molecule has 0 radical (unpaired) electrons. The fourth-order valence-corrected chi connectivity index (χ4v) is 2.49. The zero-order valence-corrected chi connectivity index (χ0v) is 17.7. The molecule has 0 fully saturated rings. The monoisotopic (exact) mass is 478 g/mol. The van der Waals surface area contributed by atoms with E-state index in [0.717, 1.165) is 0 Å². The molecular weight excluding hydrogens is 452 g/mol. The van der Waals surface area contributed by atoms with Crippen molar-refractivity contribution in [2.24, 2.45) is 17.2 Å². The van der Waals surface area contributed by atoms with Crippen LogP contribution < -0.4 is 33.2 Å². The lowest BCUT2D eigenvalue weighted by Gasteiger charge is -2.23. The summed E-state index contributed by atoms with van der Waals surface area (Å²) in [6.07, 6.45) is -1.92. The Morgan fingerprint density at radius 2 is 1.25 bits per heavy atom. The molecule has 0 aromatic heterocycles. The topological polar surface area (TPSA) is 274 Å². The summed E-state index contributed by atoms with van der Waals surface area (Å²) >= 11 is 3.88. The molecule has 4 unspecified atom stereocenters. The molecule has 0 aliphatic carbocycles. The smallest absolute Gasteiger partial charge is 0.326 e. The Balaban J connectivity index is 5.26. The second kappa shape index (κ2) is 13.8. The van der Waals surface area contributed by atoms with E-state index in [0.29, 0.717) is 0 Å². The maximum absolute atomic E-state index is 12.5. The highest BCUT2D eigenvalue weighted by molar-refractivity contribution is 7.80. The predicted molar refractivity (Wildman–Crippen MR) is 110 cm³/mol. The van der Waals surface area contributed by atoms with Gasteiger partial charge in [-0.15, -0.1) is 0 Å². The summed E-state index contributed by atoms with van der Waals surface area (Å²) in [6.45, 7) is 0. The van der Waals surface area contributed by atoms with Crippen LogP contribution in [0.4, 0.5) is 0 Å². The van der Waals surface area contributed by atoms with Crippen molar-refractivity contribution in [1.29, 1.82) is 0 Å². The molecule has 0 saturated heterocycles. The number of hydrogen-bond donors (Lipinski definition) is 9. The fourth-order valence-electron chi connectivity index (χ4n) is 2.23. The Hall–Kier alpha value is -3.40. The van der Waals surface area contributed by atoms with Crippen LogP contribution in [0.2, 0.25) is 0 Å². The Morgan fingerprint density at radius 1 is 0.750 bits per heavy atom. The first kappa shape index (κ1) is 28.6. The van der Waals surface area contributed by atoms with E-state index >= 15 is 0 Å². The zero-order chi connectivity index (χ0) is 25.0. The van der Waals surface area contributed by atoms with Crippen LogP contribution in [0, 0.1) is 0 Å². The van der Waals surface area contributed by atoms with Gasteiger partial charge in [-0.3, -0.25) is 28.8 Å². The second-order valence-corrected chi connectivity index (χ2v) is 6.95. The highest BCUT2D eigenvalue weighted by atomic mass is 32.1. The summed E-state index contributed by atoms with van der Waals surface area (Å²) in [5.41, 5.74) is 15.6. The van der Waals surface area contributed by atoms with Crippen LogP contribution in [0.5, 0.6) is 0 Å². The van der Waals surface area contributed by atoms with Crippen LogP contribution in [0.3, 0.4) is 0 Å². The summed E-state index contributed by atoms with van der Waals surface area (Å²) in [5.74, 6) is -8.13. The lowest BCUT2D eigenvalue weighted by molar-refractivity contribution is -0.147. The minimum Gasteiger partial charge on any atom is -0.481 e. The number of carbonyl (C=O) groups excluding carboxylic acids is 5. The number of primary amides is 2. The number of rotatable bonds is 15. The first-order chi connectivity index (χ1) is 14.8. The normalized spacial score (nSPS) is 14.2. The average Bonchev–Trinajstić information content (AvgIpc) is 2.67. The van der Waals surface area contributed by atoms with E-state index in [-0.39, 0.29) is 18.6 Å². The van der Waals surface area contributed by atoms with Crippen LogP contribution in [0.1, 0.15) is 25.7 Å². The molecule has 0 bridgehead atoms. The number of carboxylic acid groups (broad SMARTS) is 2. The van der Waals surface area contributed by atoms with E-state index in [9.17, 15) is 33.6 Å². The predicted octanol–water partition coefficient (Wildman–Crippen LogP) is -4.60. The van der Waals surface area contributed by atoms with Gasteiger partial charge in [0.05, 0.1) is 18.9 Å². The molecule has 4 atom stereocenters. The van der Waals surface area contributed by atoms with Crippen molar-refractivity contribution in [2.75, 3.05) is 5.75 Å². The van der Waals surface area contributed by atoms with Crippen LogP contribution in [0.25, 0.3) is 0 Å². The molecule has 0 aliphatic rings. The molecule has 11 N–H and O–H groups in total. The standard InChI is InChI=1S/C16H26N6O9S/c17-6(1-2-10(18)23)13(27)20-7(3-11(19)24)14(28)22-9(5-32)15(29)21-8(16(30)31)4-12(25)26/h6-9,32H,1-5,17H2,(H2,18,23)(H2,19,24)(H,20,27)(H,21,29)(H,22,28)(H,25,26)(H,30,31). The number of aliphatic carboxylic acids is 2. The average molecular weight is 478 g/mol. The highest BCUT2D eigenvalue weighted by Gasteiger charge is 2.31. The summed E-state index contributed by atoms with van der Waals surface area (Å²) in [7, 11) is 0. The van der Waals surface area contributed by atoms with E-state index in [1.807, 2.05) is 5.32 Å². The summed E-state index contributed by atoms with van der Waals surface area (Å²) in [4.78, 5) is 80.8. The third-order valence-electron chi connectivity index (χ3n) is 3.89. The fraction of sp³-hybridized carbons (Fsp3) is 0.562. The molecule has 0 saturated carbocycles. The van der Waals surface area contributed by atoms with E-state index in [2.05, 4.69) is 23.3 Å². The van der Waals surface area contributed by atoms with Gasteiger partial charge in [0.2, 0.25) is 29.5 Å². The van der Waals surface area contributed by atoms with Gasteiger partial charge in [0.1, 0.15) is 18.1 Å². The molecule has 5 amide bonds. The molecule has 0 spiro atoms. The molecule has 0 heterocycles. The van der Waals surface area contributed by atoms with Crippen LogP contribution in [0.15, 0.2) is 0 Å². The minimum absolute atomic E-state index is 0.131. The van der Waals surface area contributed by atoms with Gasteiger partial charge in [-0.05, 0) is 6.42 Å². The number of carbonyl (C=O) groups is 7. The SMILES string of the molecule is NC(=O)CCC(N)C(=O)NC(CC(N)=O)C(=O)NC(CS)C(=O)NC(CC(=O)O)C(=O)O. The van der Waals surface area contributed by atoms with Gasteiger partial charge >= 0.3 is 11.9 Å². The largest absolute Gasteiger partial charge is 0.481 e. The molecule has 0 aromatic rings. The zero-order valence-electron chi connectivity index (χ0n) is 16.8. The quantitative estimate of drug-likeness (QED) is 0.102. The first-order valence-electron chi connectivity index (χ1n) is 9.07. The maximum Gasteiger partial charge on any atom is 0.326 e. The second-order valence-electron chi connectivity index (χ2n) is 6.58. The number of thiol groups is 1. The van der Waals surface area contributed by atoms with Gasteiger partial charge in [-0.25, -0.2) is 4.79 Å². The van der Waals surface area contributed by atoms with Gasteiger partial charge in [-0.1, -0.05) is 0 Å². The highest BCUT2D eigenvalue weighted by Crippen LogP contribution is 2.01. The van der Waals surface area contributed by atoms with Crippen molar-refractivity contribution in [3.05, 3.63) is 0 Å². The molecule has 0 aliphatic heterocycles. The van der Waals surface area contributed by atoms with E-state index < -0.39 is 78.5 Å². The van der Waals surface area contributed by atoms with E-state index in [1.54, 1.807) is 0 Å². The third-order valence-corrected chi connectivity index (χ3v) is 4.25. The number of nitrogens with one attached hydrogen (secondary N) is 3. The van der Waals surface area contributed by atoms with Crippen molar-refractivity contribution in [3.63, 3.8) is 0 Å². The summed E-state index contributed by atoms with van der Waals surface area (Å²) in [5, 5.41) is 24.0. The lowest BCUT2D eigenvalue weighted by Crippen LogP contribution is -2.58. The first-order valence-corrected chi connectivity index (χ1v) is 9.70. The molecule has 16 heteroatoms. The van der Waals surface area contributed by atoms with Crippen LogP contribution in [-0.2, 0) is 33.6 Å². The van der Waals surface area contributed by atoms with Crippen LogP contribution in [-0.4, -0.2) is 81.6 Å². The lowest BCUT2D eigenvalue weighted by atomic mass is 10.1. The van der Waals surface area contributed by atoms with Crippen molar-refractivity contribution in [1.82, 2.24) is 16.0 Å². The molecule has 180 valence electrons. The Bertz CT molecular complexity index is 762. The number of amides is 5.